The molecule has 3 aromatic carbocycles. The summed E-state index contributed by atoms with van der Waals surface area (Å²) in [6.07, 6.45) is 0.753. The summed E-state index contributed by atoms with van der Waals surface area (Å²) >= 11 is 0. The number of rotatable bonds is 5. The van der Waals surface area contributed by atoms with Gasteiger partial charge in [0.1, 0.15) is 11.3 Å². The van der Waals surface area contributed by atoms with Crippen molar-refractivity contribution < 1.29 is 9.53 Å². The van der Waals surface area contributed by atoms with E-state index in [1.807, 2.05) is 24.3 Å². The summed E-state index contributed by atoms with van der Waals surface area (Å²) in [5.74, 6) is 1.14. The van der Waals surface area contributed by atoms with Crippen molar-refractivity contribution in [2.75, 3.05) is 33.3 Å². The lowest BCUT2D eigenvalue weighted by Gasteiger charge is -2.45. The first kappa shape index (κ1) is 21.9. The predicted molar refractivity (Wildman–Crippen MR) is 132 cm³/mol. The molecule has 1 heterocycles. The Hall–Kier alpha value is -2.95. The number of carbonyl (C=O) groups excluding carboxylic acids is 1. The van der Waals surface area contributed by atoms with E-state index in [1.165, 1.54) is 22.3 Å². The SMILES string of the molecule is COc1ccc(CN2CCN(C3(c4cc(C)cc(C)c4)Cc4ccccc4C3=O)CC2)cc1. The van der Waals surface area contributed by atoms with Crippen LogP contribution in [0.4, 0.5) is 0 Å². The zero-order valence-electron chi connectivity index (χ0n) is 19.8. The van der Waals surface area contributed by atoms with E-state index in [0.29, 0.717) is 0 Å². The van der Waals surface area contributed by atoms with Gasteiger partial charge in [0.2, 0.25) is 0 Å². The fourth-order valence-electron chi connectivity index (χ4n) is 5.64. The molecule has 0 spiro atoms. The summed E-state index contributed by atoms with van der Waals surface area (Å²) in [5, 5.41) is 0. The van der Waals surface area contributed by atoms with Crippen LogP contribution in [-0.4, -0.2) is 48.9 Å². The molecule has 0 bridgehead atoms. The van der Waals surface area contributed by atoms with E-state index in [0.717, 1.165) is 56.0 Å². The number of nitrogens with zero attached hydrogens (tertiary/aromatic N) is 2. The average molecular weight is 441 g/mol. The number of methoxy groups -OCH3 is 1. The van der Waals surface area contributed by atoms with Crippen LogP contribution in [0.1, 0.15) is 38.2 Å². The molecular weight excluding hydrogens is 408 g/mol. The van der Waals surface area contributed by atoms with E-state index in [1.54, 1.807) is 7.11 Å². The fourth-order valence-corrected chi connectivity index (χ4v) is 5.64. The van der Waals surface area contributed by atoms with Crippen LogP contribution in [0.15, 0.2) is 66.7 Å². The van der Waals surface area contributed by atoms with Crippen LogP contribution < -0.4 is 4.74 Å². The minimum atomic E-state index is -0.604. The first-order valence-electron chi connectivity index (χ1n) is 11.8. The van der Waals surface area contributed by atoms with E-state index >= 15 is 0 Å². The summed E-state index contributed by atoms with van der Waals surface area (Å²) in [6, 6.07) is 23.1. The molecule has 0 amide bonds. The quantitative estimate of drug-likeness (QED) is 0.573. The smallest absolute Gasteiger partial charge is 0.188 e. The molecule has 170 valence electrons. The maximum Gasteiger partial charge on any atom is 0.188 e. The van der Waals surface area contributed by atoms with Gasteiger partial charge in [0.05, 0.1) is 7.11 Å². The van der Waals surface area contributed by atoms with Crippen molar-refractivity contribution in [1.82, 2.24) is 9.80 Å². The molecule has 0 radical (unpaired) electrons. The molecule has 1 aliphatic carbocycles. The number of hydrogen-bond acceptors (Lipinski definition) is 4. The summed E-state index contributed by atoms with van der Waals surface area (Å²) in [5.41, 5.74) is 6.31. The molecule has 1 unspecified atom stereocenters. The number of hydrogen-bond donors (Lipinski definition) is 0. The number of ketones is 1. The van der Waals surface area contributed by atoms with Gasteiger partial charge in [-0.3, -0.25) is 14.6 Å². The van der Waals surface area contributed by atoms with Gasteiger partial charge in [-0.1, -0.05) is 65.7 Å². The first-order chi connectivity index (χ1) is 16.0. The molecule has 3 aromatic rings. The van der Waals surface area contributed by atoms with Crippen LogP contribution in [0.25, 0.3) is 0 Å². The highest BCUT2D eigenvalue weighted by atomic mass is 16.5. The first-order valence-corrected chi connectivity index (χ1v) is 11.8. The van der Waals surface area contributed by atoms with Gasteiger partial charge in [-0.2, -0.15) is 0 Å². The Morgan fingerprint density at radius 2 is 1.55 bits per heavy atom. The number of carbonyl (C=O) groups is 1. The lowest BCUT2D eigenvalue weighted by molar-refractivity contribution is 0.0288. The Balaban J connectivity index is 1.41. The van der Waals surface area contributed by atoms with E-state index in [-0.39, 0.29) is 5.78 Å². The minimum Gasteiger partial charge on any atom is -0.497 e. The second-order valence-corrected chi connectivity index (χ2v) is 9.51. The lowest BCUT2D eigenvalue weighted by atomic mass is 9.82. The van der Waals surface area contributed by atoms with Crippen molar-refractivity contribution in [2.45, 2.75) is 32.4 Å². The zero-order chi connectivity index (χ0) is 23.0. The molecule has 4 nitrogen and oxygen atoms in total. The molecule has 4 heteroatoms. The Morgan fingerprint density at radius 1 is 0.879 bits per heavy atom. The van der Waals surface area contributed by atoms with Crippen LogP contribution in [0.2, 0.25) is 0 Å². The van der Waals surface area contributed by atoms with Gasteiger partial charge in [0, 0.05) is 44.7 Å². The molecule has 0 saturated carbocycles. The summed E-state index contributed by atoms with van der Waals surface area (Å²) < 4.78 is 5.28. The Morgan fingerprint density at radius 3 is 2.18 bits per heavy atom. The van der Waals surface area contributed by atoms with E-state index in [9.17, 15) is 4.79 Å². The highest BCUT2D eigenvalue weighted by Crippen LogP contribution is 2.43. The number of aryl methyl sites for hydroxylation is 2. The third-order valence-electron chi connectivity index (χ3n) is 7.26. The van der Waals surface area contributed by atoms with Crippen molar-refractivity contribution in [3.63, 3.8) is 0 Å². The van der Waals surface area contributed by atoms with E-state index in [2.05, 4.69) is 66.1 Å². The van der Waals surface area contributed by atoms with Gasteiger partial charge in [-0.25, -0.2) is 0 Å². The van der Waals surface area contributed by atoms with Crippen molar-refractivity contribution in [3.8, 4) is 5.75 Å². The van der Waals surface area contributed by atoms with E-state index < -0.39 is 5.54 Å². The molecule has 33 heavy (non-hydrogen) atoms. The highest BCUT2D eigenvalue weighted by molar-refractivity contribution is 6.08. The fraction of sp³-hybridized carbons (Fsp3) is 0.345. The van der Waals surface area contributed by atoms with Gasteiger partial charge < -0.3 is 4.74 Å². The molecule has 2 aliphatic rings. The third kappa shape index (κ3) is 3.98. The maximum absolute atomic E-state index is 14.0. The number of Topliss-reactive ketones (excluding diaryl/α,β-unsaturated/α-hetero) is 1. The van der Waals surface area contributed by atoms with Gasteiger partial charge in [0.15, 0.2) is 5.78 Å². The minimum absolute atomic E-state index is 0.256. The maximum atomic E-state index is 14.0. The van der Waals surface area contributed by atoms with Crippen molar-refractivity contribution in [2.24, 2.45) is 0 Å². The molecular formula is C29H32N2O2. The van der Waals surface area contributed by atoms with Crippen LogP contribution in [0.5, 0.6) is 5.75 Å². The van der Waals surface area contributed by atoms with Crippen LogP contribution in [-0.2, 0) is 18.5 Å². The highest BCUT2D eigenvalue weighted by Gasteiger charge is 2.51. The molecule has 0 aromatic heterocycles. The number of ether oxygens (including phenoxy) is 1. The summed E-state index contributed by atoms with van der Waals surface area (Å²) in [7, 11) is 1.70. The number of piperazine rings is 1. The number of fused-ring (bicyclic) bond motifs is 1. The predicted octanol–water partition coefficient (Wildman–Crippen LogP) is 4.76. The van der Waals surface area contributed by atoms with Gasteiger partial charge in [-0.05, 0) is 42.7 Å². The van der Waals surface area contributed by atoms with Gasteiger partial charge in [-0.15, -0.1) is 0 Å². The lowest BCUT2D eigenvalue weighted by Crippen LogP contribution is -2.58. The zero-order valence-corrected chi connectivity index (χ0v) is 19.8. The topological polar surface area (TPSA) is 32.8 Å². The standard InChI is InChI=1S/C29H32N2O2/c1-21-16-22(2)18-25(17-21)29(19-24-6-4-5-7-27(24)28(29)32)31-14-12-30(13-15-31)20-23-8-10-26(33-3)11-9-23/h4-11,16-18H,12-15,19-20H2,1-3H3. The molecule has 0 N–H and O–H groups in total. The molecule has 5 rings (SSSR count). The van der Waals surface area contributed by atoms with Crippen molar-refractivity contribution in [3.05, 3.63) is 100 Å². The normalized spacial score (nSPS) is 21.2. The molecule has 1 saturated heterocycles. The van der Waals surface area contributed by atoms with Gasteiger partial charge >= 0.3 is 0 Å². The van der Waals surface area contributed by atoms with Crippen molar-refractivity contribution >= 4 is 5.78 Å². The van der Waals surface area contributed by atoms with Crippen LogP contribution in [0.3, 0.4) is 0 Å². The number of benzene rings is 3. The molecule has 1 atom stereocenters. The van der Waals surface area contributed by atoms with Gasteiger partial charge in [0.25, 0.3) is 0 Å². The Kier molecular flexibility index (Phi) is 5.81. The third-order valence-corrected chi connectivity index (χ3v) is 7.26. The summed E-state index contributed by atoms with van der Waals surface area (Å²) in [4.78, 5) is 18.9. The molecule has 1 aliphatic heterocycles. The second-order valence-electron chi connectivity index (χ2n) is 9.51. The second kappa shape index (κ2) is 8.77. The van der Waals surface area contributed by atoms with E-state index in [4.69, 9.17) is 4.74 Å². The molecule has 1 fully saturated rings. The Bertz CT molecular complexity index is 1140. The largest absolute Gasteiger partial charge is 0.497 e. The Labute approximate surface area is 196 Å². The summed E-state index contributed by atoms with van der Waals surface area (Å²) in [6.45, 7) is 8.83. The van der Waals surface area contributed by atoms with Crippen LogP contribution in [0, 0.1) is 13.8 Å². The van der Waals surface area contributed by atoms with Crippen molar-refractivity contribution in [1.29, 1.82) is 0 Å². The monoisotopic (exact) mass is 440 g/mol. The average Bonchev–Trinajstić information content (AvgIpc) is 3.13. The van der Waals surface area contributed by atoms with Crippen LogP contribution >= 0.6 is 0 Å².